The standard InChI is InChI=1S/C70H135NO5/c1-3-5-7-9-11-13-15-17-19-21-27-31-34-38-42-46-50-54-58-62-68(73)67(66-72)71-69(74)63-59-55-51-47-43-39-35-32-28-25-23-22-24-26-29-33-37-41-45-49-53-57-61-65-76-70(75)64-60-56-52-48-44-40-36-30-20-18-16-14-12-10-8-6-4-2/h12,14,18,20,67-68,72-73H,3-11,13,15-17,19,21-66H2,1-2H3,(H,71,74)/b14-12-,20-18-. The molecule has 1 amide bonds. The molecular weight excluding hydrogens is 935 g/mol. The summed E-state index contributed by atoms with van der Waals surface area (Å²) in [6.07, 6.45) is 82.1. The van der Waals surface area contributed by atoms with Crippen molar-refractivity contribution in [1.29, 1.82) is 0 Å². The zero-order valence-electron chi connectivity index (χ0n) is 51.5. The number of allylic oxidation sites excluding steroid dienone is 4. The first-order valence-corrected chi connectivity index (χ1v) is 34.6. The minimum Gasteiger partial charge on any atom is -0.466 e. The van der Waals surface area contributed by atoms with Gasteiger partial charge in [0.15, 0.2) is 0 Å². The van der Waals surface area contributed by atoms with E-state index < -0.39 is 12.1 Å². The number of aliphatic hydroxyl groups excluding tert-OH is 2. The first kappa shape index (κ1) is 74.3. The number of unbranched alkanes of at least 4 members (excludes halogenated alkanes) is 50. The molecular formula is C70H135NO5. The number of carbonyl (C=O) groups excluding carboxylic acids is 2. The highest BCUT2D eigenvalue weighted by molar-refractivity contribution is 5.76. The minimum atomic E-state index is -0.665. The maximum atomic E-state index is 12.5. The monoisotopic (exact) mass is 1070 g/mol. The van der Waals surface area contributed by atoms with Crippen molar-refractivity contribution >= 4 is 11.9 Å². The maximum absolute atomic E-state index is 12.5. The van der Waals surface area contributed by atoms with Gasteiger partial charge in [-0.15, -0.1) is 0 Å². The van der Waals surface area contributed by atoms with Crippen molar-refractivity contribution in [3.05, 3.63) is 24.3 Å². The van der Waals surface area contributed by atoms with Crippen LogP contribution in [0.5, 0.6) is 0 Å². The smallest absolute Gasteiger partial charge is 0.305 e. The third-order valence-corrected chi connectivity index (χ3v) is 16.3. The minimum absolute atomic E-state index is 0.00752. The van der Waals surface area contributed by atoms with E-state index in [0.29, 0.717) is 25.9 Å². The molecule has 0 saturated heterocycles. The molecule has 0 aliphatic heterocycles. The molecule has 0 radical (unpaired) electrons. The van der Waals surface area contributed by atoms with Crippen LogP contribution >= 0.6 is 0 Å². The van der Waals surface area contributed by atoms with Crippen LogP contribution in [0.1, 0.15) is 386 Å². The van der Waals surface area contributed by atoms with Gasteiger partial charge in [-0.25, -0.2) is 0 Å². The molecule has 0 saturated carbocycles. The molecule has 0 aliphatic rings. The lowest BCUT2D eigenvalue weighted by Gasteiger charge is -2.22. The molecule has 2 atom stereocenters. The quantitative estimate of drug-likeness (QED) is 0.0320. The largest absolute Gasteiger partial charge is 0.466 e. The average molecular weight is 1070 g/mol. The molecule has 0 bridgehead atoms. The number of rotatable bonds is 65. The molecule has 0 spiro atoms. The Morgan fingerprint density at radius 2 is 0.658 bits per heavy atom. The van der Waals surface area contributed by atoms with Gasteiger partial charge >= 0.3 is 5.97 Å². The number of hydrogen-bond donors (Lipinski definition) is 3. The van der Waals surface area contributed by atoms with Gasteiger partial charge in [0.2, 0.25) is 5.91 Å². The Morgan fingerprint density at radius 3 is 1.03 bits per heavy atom. The number of ether oxygens (including phenoxy) is 1. The van der Waals surface area contributed by atoms with Crippen LogP contribution in [-0.4, -0.2) is 47.4 Å². The molecule has 6 heteroatoms. The molecule has 2 unspecified atom stereocenters. The fraction of sp³-hybridized carbons (Fsp3) is 0.914. The predicted octanol–water partition coefficient (Wildman–Crippen LogP) is 22.1. The van der Waals surface area contributed by atoms with Gasteiger partial charge in [-0.2, -0.15) is 0 Å². The summed E-state index contributed by atoms with van der Waals surface area (Å²) in [6, 6.07) is -0.542. The fourth-order valence-electron chi connectivity index (χ4n) is 11.0. The Balaban J connectivity index is 3.37. The second-order valence-corrected chi connectivity index (χ2v) is 23.9. The Hall–Kier alpha value is -1.66. The van der Waals surface area contributed by atoms with E-state index in [-0.39, 0.29) is 18.5 Å². The van der Waals surface area contributed by atoms with E-state index in [1.165, 1.54) is 302 Å². The predicted molar refractivity (Wildman–Crippen MR) is 333 cm³/mol. The third kappa shape index (κ3) is 61.6. The molecule has 6 nitrogen and oxygen atoms in total. The molecule has 450 valence electrons. The summed E-state index contributed by atoms with van der Waals surface area (Å²) in [7, 11) is 0. The van der Waals surface area contributed by atoms with E-state index in [2.05, 4.69) is 43.5 Å². The molecule has 3 N–H and O–H groups in total. The van der Waals surface area contributed by atoms with Crippen LogP contribution in [0.4, 0.5) is 0 Å². The summed E-state index contributed by atoms with van der Waals surface area (Å²) >= 11 is 0. The first-order chi connectivity index (χ1) is 37.5. The highest BCUT2D eigenvalue weighted by Crippen LogP contribution is 2.19. The second kappa shape index (κ2) is 65.9. The molecule has 76 heavy (non-hydrogen) atoms. The number of nitrogens with one attached hydrogen (secondary N) is 1. The lowest BCUT2D eigenvalue weighted by atomic mass is 10.0. The lowest BCUT2D eigenvalue weighted by Crippen LogP contribution is -2.45. The van der Waals surface area contributed by atoms with Crippen LogP contribution in [0.25, 0.3) is 0 Å². The normalized spacial score (nSPS) is 12.6. The summed E-state index contributed by atoms with van der Waals surface area (Å²) in [5, 5.41) is 23.4. The van der Waals surface area contributed by atoms with E-state index >= 15 is 0 Å². The summed E-state index contributed by atoms with van der Waals surface area (Å²) in [6.45, 7) is 4.96. The van der Waals surface area contributed by atoms with Crippen LogP contribution in [0.15, 0.2) is 24.3 Å². The van der Waals surface area contributed by atoms with Crippen molar-refractivity contribution in [3.8, 4) is 0 Å². The highest BCUT2D eigenvalue weighted by atomic mass is 16.5. The van der Waals surface area contributed by atoms with Crippen LogP contribution in [0.3, 0.4) is 0 Å². The van der Waals surface area contributed by atoms with Crippen LogP contribution in [0.2, 0.25) is 0 Å². The third-order valence-electron chi connectivity index (χ3n) is 16.3. The highest BCUT2D eigenvalue weighted by Gasteiger charge is 2.20. The summed E-state index contributed by atoms with van der Waals surface area (Å²) in [4.78, 5) is 24.6. The number of hydrogen-bond acceptors (Lipinski definition) is 5. The van der Waals surface area contributed by atoms with E-state index in [1.54, 1.807) is 0 Å². The molecule has 0 fully saturated rings. The Bertz CT molecular complexity index is 1190. The average Bonchev–Trinajstić information content (AvgIpc) is 3.42. The zero-order valence-corrected chi connectivity index (χ0v) is 51.5. The van der Waals surface area contributed by atoms with Crippen molar-refractivity contribution in [2.24, 2.45) is 0 Å². The second-order valence-electron chi connectivity index (χ2n) is 23.9. The van der Waals surface area contributed by atoms with Gasteiger partial charge in [-0.05, 0) is 57.8 Å². The Morgan fingerprint density at radius 1 is 0.368 bits per heavy atom. The van der Waals surface area contributed by atoms with E-state index in [9.17, 15) is 19.8 Å². The molecule has 0 heterocycles. The number of aliphatic hydroxyl groups is 2. The Labute approximate surface area is 475 Å². The molecule has 0 aromatic carbocycles. The van der Waals surface area contributed by atoms with Crippen molar-refractivity contribution in [2.45, 2.75) is 398 Å². The van der Waals surface area contributed by atoms with Gasteiger partial charge < -0.3 is 20.3 Å². The number of amides is 1. The van der Waals surface area contributed by atoms with Crippen molar-refractivity contribution in [3.63, 3.8) is 0 Å². The SMILES string of the molecule is CCCCC/C=C\C/C=C\CCCCCCCCCC(=O)OCCCCCCCCCCCCCCCCCCCCCCCCCC(=O)NC(CO)C(O)CCCCCCCCCCCCCCCCCCCCC. The van der Waals surface area contributed by atoms with Crippen molar-refractivity contribution in [2.75, 3.05) is 13.2 Å². The van der Waals surface area contributed by atoms with E-state index in [0.717, 1.165) is 51.4 Å². The van der Waals surface area contributed by atoms with E-state index in [1.807, 2.05) is 0 Å². The fourth-order valence-corrected chi connectivity index (χ4v) is 11.0. The molecule has 0 aromatic heterocycles. The van der Waals surface area contributed by atoms with E-state index in [4.69, 9.17) is 4.74 Å². The lowest BCUT2D eigenvalue weighted by molar-refractivity contribution is -0.143. The summed E-state index contributed by atoms with van der Waals surface area (Å²) in [5.74, 6) is -0.0231. The van der Waals surface area contributed by atoms with Gasteiger partial charge in [-0.1, -0.05) is 340 Å². The summed E-state index contributed by atoms with van der Waals surface area (Å²) < 4.78 is 5.50. The van der Waals surface area contributed by atoms with Crippen LogP contribution in [-0.2, 0) is 14.3 Å². The Kier molecular flexibility index (Phi) is 64.4. The van der Waals surface area contributed by atoms with Gasteiger partial charge in [0, 0.05) is 12.8 Å². The maximum Gasteiger partial charge on any atom is 0.305 e. The van der Waals surface area contributed by atoms with Gasteiger partial charge in [-0.3, -0.25) is 9.59 Å². The number of esters is 1. The molecule has 0 aliphatic carbocycles. The van der Waals surface area contributed by atoms with Crippen molar-refractivity contribution in [1.82, 2.24) is 5.32 Å². The summed E-state index contributed by atoms with van der Waals surface area (Å²) in [5.41, 5.74) is 0. The van der Waals surface area contributed by atoms with Crippen LogP contribution < -0.4 is 5.32 Å². The van der Waals surface area contributed by atoms with Gasteiger partial charge in [0.25, 0.3) is 0 Å². The van der Waals surface area contributed by atoms with Gasteiger partial charge in [0.1, 0.15) is 0 Å². The molecule has 0 aromatic rings. The van der Waals surface area contributed by atoms with Gasteiger partial charge in [0.05, 0.1) is 25.4 Å². The van der Waals surface area contributed by atoms with Crippen molar-refractivity contribution < 1.29 is 24.5 Å². The first-order valence-electron chi connectivity index (χ1n) is 34.6. The molecule has 0 rings (SSSR count). The van der Waals surface area contributed by atoms with Crippen LogP contribution in [0, 0.1) is 0 Å². The topological polar surface area (TPSA) is 95.9 Å². The number of carbonyl (C=O) groups is 2. The zero-order chi connectivity index (χ0) is 55.0.